The summed E-state index contributed by atoms with van der Waals surface area (Å²) in [5.41, 5.74) is 0.678. The van der Waals surface area contributed by atoms with E-state index in [0.717, 1.165) is 17.7 Å². The van der Waals surface area contributed by atoms with Gasteiger partial charge in [0.2, 0.25) is 0 Å². The molecule has 0 fully saturated rings. The van der Waals surface area contributed by atoms with Gasteiger partial charge in [0.25, 0.3) is 0 Å². The highest BCUT2D eigenvalue weighted by molar-refractivity contribution is 5.96. The molecule has 2 heterocycles. The molecule has 18 heavy (non-hydrogen) atoms. The summed E-state index contributed by atoms with van der Waals surface area (Å²) in [4.78, 5) is 4.33. The van der Waals surface area contributed by atoms with E-state index in [4.69, 9.17) is 0 Å². The fourth-order valence-corrected chi connectivity index (χ4v) is 2.09. The topological polar surface area (TPSA) is 17.8 Å². The molecule has 0 saturated carbocycles. The molecule has 0 spiro atoms. The first-order valence-corrected chi connectivity index (χ1v) is 5.39. The number of rotatable bonds is 0. The van der Waals surface area contributed by atoms with Crippen LogP contribution in [0.15, 0.2) is 36.5 Å². The summed E-state index contributed by atoms with van der Waals surface area (Å²) in [6.07, 6.45) is -2.51. The average Bonchev–Trinajstić information content (AvgIpc) is 2.67. The van der Waals surface area contributed by atoms with E-state index in [1.54, 1.807) is 16.7 Å². The van der Waals surface area contributed by atoms with Gasteiger partial charge < -0.3 is 4.57 Å². The number of nitrogens with zero attached hydrogens (tertiary/aromatic N) is 2. The lowest BCUT2D eigenvalue weighted by Crippen LogP contribution is -2.03. The predicted molar refractivity (Wildman–Crippen MR) is 62.3 cm³/mol. The number of alkyl halides is 3. The minimum Gasteiger partial charge on any atom is -0.336 e. The maximum absolute atomic E-state index is 12.7. The summed E-state index contributed by atoms with van der Waals surface area (Å²) in [5, 5.41) is 0.538. The zero-order valence-corrected chi connectivity index (χ0v) is 9.49. The maximum Gasteiger partial charge on any atom is 0.416 e. The number of hydrogen-bond acceptors (Lipinski definition) is 1. The zero-order chi connectivity index (χ0) is 12.9. The Kier molecular flexibility index (Phi) is 2.14. The van der Waals surface area contributed by atoms with Crippen molar-refractivity contribution in [2.45, 2.75) is 6.18 Å². The Hall–Kier alpha value is -2.04. The van der Waals surface area contributed by atoms with Crippen molar-refractivity contribution in [3.63, 3.8) is 0 Å². The highest BCUT2D eigenvalue weighted by Crippen LogP contribution is 2.35. The Labute approximate surface area is 101 Å². The quantitative estimate of drug-likeness (QED) is 0.595. The number of halogens is 3. The maximum atomic E-state index is 12.7. The summed E-state index contributed by atoms with van der Waals surface area (Å²) >= 11 is 0. The fraction of sp³-hybridized carbons (Fsp3) is 0.154. The molecule has 5 heteroatoms. The predicted octanol–water partition coefficient (Wildman–Crippen LogP) is 3.70. The number of aryl methyl sites for hydroxylation is 1. The molecule has 2 nitrogen and oxygen atoms in total. The first kappa shape index (κ1) is 11.1. The van der Waals surface area contributed by atoms with Gasteiger partial charge in [0.15, 0.2) is 0 Å². The Morgan fingerprint density at radius 2 is 1.94 bits per heavy atom. The van der Waals surface area contributed by atoms with Crippen LogP contribution in [-0.2, 0) is 13.2 Å². The Bertz CT molecular complexity index is 697. The van der Waals surface area contributed by atoms with Crippen molar-refractivity contribution >= 4 is 10.9 Å². The molecule has 1 aromatic carbocycles. The van der Waals surface area contributed by atoms with E-state index in [-0.39, 0.29) is 0 Å². The van der Waals surface area contributed by atoms with Gasteiger partial charge >= 0.3 is 6.18 Å². The zero-order valence-electron chi connectivity index (χ0n) is 9.49. The van der Waals surface area contributed by atoms with Crippen LogP contribution in [0, 0.1) is 0 Å². The van der Waals surface area contributed by atoms with Crippen molar-refractivity contribution < 1.29 is 13.2 Å². The van der Waals surface area contributed by atoms with Gasteiger partial charge in [-0.1, -0.05) is 0 Å². The molecule has 92 valence electrons. The van der Waals surface area contributed by atoms with E-state index in [9.17, 15) is 13.2 Å². The van der Waals surface area contributed by atoms with Crippen LogP contribution in [-0.4, -0.2) is 9.55 Å². The largest absolute Gasteiger partial charge is 0.416 e. The van der Waals surface area contributed by atoms with Crippen LogP contribution in [0.1, 0.15) is 5.56 Å². The minimum absolute atomic E-state index is 0.538. The van der Waals surface area contributed by atoms with Gasteiger partial charge in [0.1, 0.15) is 5.82 Å². The van der Waals surface area contributed by atoms with Gasteiger partial charge in [-0.25, -0.2) is 4.98 Å². The van der Waals surface area contributed by atoms with Gasteiger partial charge in [-0.15, -0.1) is 0 Å². The van der Waals surface area contributed by atoms with Gasteiger partial charge in [-0.3, -0.25) is 0 Å². The lowest BCUT2D eigenvalue weighted by molar-refractivity contribution is -0.137. The number of hydrogen-bond donors (Lipinski definition) is 0. The lowest BCUT2D eigenvalue weighted by Gasteiger charge is -2.07. The van der Waals surface area contributed by atoms with Crippen molar-refractivity contribution in [2.75, 3.05) is 0 Å². The molecule has 0 N–H and O–H groups in total. The molecule has 0 aliphatic carbocycles. The van der Waals surface area contributed by atoms with Crippen LogP contribution < -0.4 is 0 Å². The number of aromatic nitrogens is 2. The number of pyridine rings is 1. The lowest BCUT2D eigenvalue weighted by atomic mass is 10.1. The van der Waals surface area contributed by atoms with E-state index in [2.05, 4.69) is 4.98 Å². The van der Waals surface area contributed by atoms with Crippen molar-refractivity contribution in [1.29, 1.82) is 0 Å². The molecule has 0 aromatic heterocycles. The highest BCUT2D eigenvalue weighted by Gasteiger charge is 2.31. The first-order valence-electron chi connectivity index (χ1n) is 5.39. The molecule has 0 radical (unpaired) electrons. The highest BCUT2D eigenvalue weighted by atomic mass is 19.4. The van der Waals surface area contributed by atoms with Crippen molar-refractivity contribution in [1.82, 2.24) is 9.55 Å². The molecular formula is C13H9F3N2. The normalized spacial score (nSPS) is 12.4. The summed E-state index contributed by atoms with van der Waals surface area (Å²) < 4.78 is 39.8. The molecule has 2 aliphatic rings. The second-order valence-corrected chi connectivity index (χ2v) is 4.20. The number of fused-ring (bicyclic) bond motifs is 3. The van der Waals surface area contributed by atoms with E-state index in [1.807, 2.05) is 13.2 Å². The molecule has 1 aromatic rings. The standard InChI is InChI=1S/C13H9F3N2/c1-18-6-2-3-9-10-7-8(13(14,15)16)4-5-11(10)17-12(9)18/h2-7H,1H3. The van der Waals surface area contributed by atoms with Crippen molar-refractivity contribution in [3.05, 3.63) is 42.1 Å². The van der Waals surface area contributed by atoms with Crippen molar-refractivity contribution in [2.24, 2.45) is 7.05 Å². The molecule has 0 bridgehead atoms. The molecule has 0 amide bonds. The summed E-state index contributed by atoms with van der Waals surface area (Å²) in [5.74, 6) is 0.687. The van der Waals surface area contributed by atoms with Crippen LogP contribution in [0.3, 0.4) is 0 Å². The smallest absolute Gasteiger partial charge is 0.336 e. The van der Waals surface area contributed by atoms with E-state index in [1.165, 1.54) is 6.07 Å². The van der Waals surface area contributed by atoms with Crippen LogP contribution in [0.25, 0.3) is 22.3 Å². The summed E-state index contributed by atoms with van der Waals surface area (Å²) in [6.45, 7) is 0. The molecule has 2 aliphatic heterocycles. The van der Waals surface area contributed by atoms with E-state index in [0.29, 0.717) is 16.7 Å². The third-order valence-electron chi connectivity index (χ3n) is 2.99. The molecular weight excluding hydrogens is 241 g/mol. The summed E-state index contributed by atoms with van der Waals surface area (Å²) in [7, 11) is 1.82. The Morgan fingerprint density at radius 1 is 1.17 bits per heavy atom. The second-order valence-electron chi connectivity index (χ2n) is 4.20. The van der Waals surface area contributed by atoms with E-state index >= 15 is 0 Å². The molecule has 0 unspecified atom stereocenters. The van der Waals surface area contributed by atoms with Gasteiger partial charge in [-0.2, -0.15) is 13.2 Å². The number of benzene rings is 1. The monoisotopic (exact) mass is 250 g/mol. The van der Waals surface area contributed by atoms with E-state index < -0.39 is 11.7 Å². The Balaban J connectivity index is 2.34. The summed E-state index contributed by atoms with van der Waals surface area (Å²) in [6, 6.07) is 7.21. The third kappa shape index (κ3) is 1.54. The minimum atomic E-state index is -4.32. The van der Waals surface area contributed by atoms with Crippen LogP contribution >= 0.6 is 0 Å². The fourth-order valence-electron chi connectivity index (χ4n) is 2.09. The van der Waals surface area contributed by atoms with Crippen LogP contribution in [0.2, 0.25) is 0 Å². The molecule has 0 saturated heterocycles. The van der Waals surface area contributed by atoms with Gasteiger partial charge in [0.05, 0.1) is 11.1 Å². The van der Waals surface area contributed by atoms with Crippen LogP contribution in [0.4, 0.5) is 13.2 Å². The average molecular weight is 250 g/mol. The first-order chi connectivity index (χ1) is 8.47. The SMILES string of the molecule is Cn1cccc2c3cc(C(F)(F)F)ccc3nc1-2. The Morgan fingerprint density at radius 3 is 2.67 bits per heavy atom. The van der Waals surface area contributed by atoms with Crippen LogP contribution in [0.5, 0.6) is 0 Å². The molecule has 0 atom stereocenters. The van der Waals surface area contributed by atoms with Gasteiger partial charge in [0, 0.05) is 24.2 Å². The van der Waals surface area contributed by atoms with Gasteiger partial charge in [-0.05, 0) is 30.3 Å². The second kappa shape index (κ2) is 3.48. The molecule has 3 rings (SSSR count). The third-order valence-corrected chi connectivity index (χ3v) is 2.99. The van der Waals surface area contributed by atoms with Crippen molar-refractivity contribution in [3.8, 4) is 11.4 Å².